The van der Waals surface area contributed by atoms with E-state index in [1.165, 1.54) is 11.8 Å². The molecule has 1 heterocycles. The first-order chi connectivity index (χ1) is 12.0. The molecule has 1 fully saturated rings. The fourth-order valence-electron chi connectivity index (χ4n) is 2.32. The van der Waals surface area contributed by atoms with E-state index in [0.29, 0.717) is 42.2 Å². The van der Waals surface area contributed by atoms with Gasteiger partial charge in [0.1, 0.15) is 6.54 Å². The zero-order valence-corrected chi connectivity index (χ0v) is 15.9. The molecule has 25 heavy (non-hydrogen) atoms. The van der Waals surface area contributed by atoms with Crippen LogP contribution in [0, 0.1) is 5.92 Å². The van der Waals surface area contributed by atoms with Crippen LogP contribution in [0.4, 0.5) is 0 Å². The normalized spacial score (nSPS) is 14.1. The van der Waals surface area contributed by atoms with E-state index >= 15 is 0 Å². The summed E-state index contributed by atoms with van der Waals surface area (Å²) in [7, 11) is 1.60. The largest absolute Gasteiger partial charge is 0.493 e. The Morgan fingerprint density at radius 2 is 2.16 bits per heavy atom. The van der Waals surface area contributed by atoms with Crippen LogP contribution in [-0.2, 0) is 16.1 Å². The predicted molar refractivity (Wildman–Crippen MR) is 98.8 cm³/mol. The minimum absolute atomic E-state index is 0.0183. The van der Waals surface area contributed by atoms with Gasteiger partial charge < -0.3 is 19.7 Å². The lowest BCUT2D eigenvalue weighted by Crippen LogP contribution is -2.37. The van der Waals surface area contributed by atoms with E-state index in [-0.39, 0.29) is 18.4 Å². The minimum Gasteiger partial charge on any atom is -0.493 e. The summed E-state index contributed by atoms with van der Waals surface area (Å²) in [6, 6.07) is 5.63. The lowest BCUT2D eigenvalue weighted by Gasteiger charge is -2.15. The molecular formula is C18H26N2O4S. The third-order valence-electron chi connectivity index (χ3n) is 3.83. The van der Waals surface area contributed by atoms with E-state index in [1.54, 1.807) is 12.0 Å². The van der Waals surface area contributed by atoms with E-state index in [4.69, 9.17) is 9.47 Å². The fourth-order valence-corrected chi connectivity index (χ4v) is 3.22. The van der Waals surface area contributed by atoms with Crippen molar-refractivity contribution in [2.75, 3.05) is 31.9 Å². The predicted octanol–water partition coefficient (Wildman–Crippen LogP) is 2.27. The van der Waals surface area contributed by atoms with E-state index in [2.05, 4.69) is 19.2 Å². The average Bonchev–Trinajstić information content (AvgIpc) is 2.98. The van der Waals surface area contributed by atoms with Crippen molar-refractivity contribution in [1.29, 1.82) is 0 Å². The summed E-state index contributed by atoms with van der Waals surface area (Å²) in [6.45, 7) is 5.45. The molecule has 0 aromatic heterocycles. The summed E-state index contributed by atoms with van der Waals surface area (Å²) in [4.78, 5) is 25.1. The fraction of sp³-hybridized carbons (Fsp3) is 0.556. The molecular weight excluding hydrogens is 340 g/mol. The van der Waals surface area contributed by atoms with Crippen LogP contribution in [0.5, 0.6) is 11.5 Å². The van der Waals surface area contributed by atoms with Gasteiger partial charge in [0.2, 0.25) is 11.8 Å². The van der Waals surface area contributed by atoms with Crippen molar-refractivity contribution in [1.82, 2.24) is 10.2 Å². The van der Waals surface area contributed by atoms with Gasteiger partial charge in [0.25, 0.3) is 0 Å². The van der Waals surface area contributed by atoms with Crippen molar-refractivity contribution >= 4 is 23.6 Å². The van der Waals surface area contributed by atoms with Crippen LogP contribution in [0.25, 0.3) is 0 Å². The maximum Gasteiger partial charge on any atom is 0.239 e. The van der Waals surface area contributed by atoms with Crippen molar-refractivity contribution in [3.63, 3.8) is 0 Å². The maximum atomic E-state index is 12.0. The summed E-state index contributed by atoms with van der Waals surface area (Å²) in [5, 5.41) is 2.84. The Morgan fingerprint density at radius 3 is 2.80 bits per heavy atom. The zero-order chi connectivity index (χ0) is 18.2. The number of methoxy groups -OCH3 is 1. The number of carbonyl (C=O) groups excluding carboxylic acids is 2. The Hall–Kier alpha value is -1.89. The number of thioether (sulfide) groups is 1. The minimum atomic E-state index is -0.160. The standard InChI is InChI=1S/C18H26N2O4S/c1-13(2)6-7-24-15-5-4-14(8-16(15)23-3)9-19-17(21)10-20-12-25-11-18(20)22/h4-5,8,13H,6-7,9-12H2,1-3H3,(H,19,21). The third kappa shape index (κ3) is 6.16. The highest BCUT2D eigenvalue weighted by Gasteiger charge is 2.22. The van der Waals surface area contributed by atoms with Gasteiger partial charge in [-0.3, -0.25) is 9.59 Å². The van der Waals surface area contributed by atoms with Crippen LogP contribution in [-0.4, -0.2) is 48.6 Å². The van der Waals surface area contributed by atoms with Crippen LogP contribution >= 0.6 is 11.8 Å². The maximum absolute atomic E-state index is 12.0. The Balaban J connectivity index is 1.85. The van der Waals surface area contributed by atoms with Gasteiger partial charge >= 0.3 is 0 Å². The molecule has 0 saturated carbocycles. The van der Waals surface area contributed by atoms with Crippen LogP contribution in [0.2, 0.25) is 0 Å². The molecule has 0 atom stereocenters. The summed E-state index contributed by atoms with van der Waals surface area (Å²) >= 11 is 1.53. The smallest absolute Gasteiger partial charge is 0.239 e. The van der Waals surface area contributed by atoms with Gasteiger partial charge in [0, 0.05) is 6.54 Å². The molecule has 1 aromatic rings. The molecule has 0 aliphatic carbocycles. The quantitative estimate of drug-likeness (QED) is 0.726. The van der Waals surface area contributed by atoms with Gasteiger partial charge in [-0.15, -0.1) is 11.8 Å². The average molecular weight is 366 g/mol. The number of benzene rings is 1. The first-order valence-corrected chi connectivity index (χ1v) is 9.57. The number of hydrogen-bond donors (Lipinski definition) is 1. The van der Waals surface area contributed by atoms with E-state index in [1.807, 2.05) is 18.2 Å². The molecule has 2 rings (SSSR count). The highest BCUT2D eigenvalue weighted by atomic mass is 32.2. The highest BCUT2D eigenvalue weighted by Crippen LogP contribution is 2.28. The van der Waals surface area contributed by atoms with Crippen LogP contribution < -0.4 is 14.8 Å². The van der Waals surface area contributed by atoms with Gasteiger partial charge in [-0.1, -0.05) is 19.9 Å². The summed E-state index contributed by atoms with van der Waals surface area (Å²) in [5.74, 6) is 2.85. The van der Waals surface area contributed by atoms with Crippen LogP contribution in [0.15, 0.2) is 18.2 Å². The number of ether oxygens (including phenoxy) is 2. The molecule has 0 bridgehead atoms. The summed E-state index contributed by atoms with van der Waals surface area (Å²) in [5.41, 5.74) is 0.920. The molecule has 2 amide bonds. The van der Waals surface area contributed by atoms with E-state index in [9.17, 15) is 9.59 Å². The van der Waals surface area contributed by atoms with Crippen LogP contribution in [0.3, 0.4) is 0 Å². The topological polar surface area (TPSA) is 67.9 Å². The lowest BCUT2D eigenvalue weighted by molar-refractivity contribution is -0.132. The van der Waals surface area contributed by atoms with Crippen molar-refractivity contribution < 1.29 is 19.1 Å². The van der Waals surface area contributed by atoms with Crippen molar-refractivity contribution in [2.45, 2.75) is 26.8 Å². The van der Waals surface area contributed by atoms with Crippen LogP contribution in [0.1, 0.15) is 25.8 Å². The molecule has 0 spiro atoms. The number of hydrogen-bond acceptors (Lipinski definition) is 5. The second kappa shape index (κ2) is 9.56. The molecule has 1 saturated heterocycles. The Morgan fingerprint density at radius 1 is 1.36 bits per heavy atom. The molecule has 1 aliphatic heterocycles. The van der Waals surface area contributed by atoms with Gasteiger partial charge in [0.05, 0.1) is 25.3 Å². The molecule has 7 heteroatoms. The van der Waals surface area contributed by atoms with E-state index < -0.39 is 0 Å². The first kappa shape index (κ1) is 19.4. The molecule has 1 aromatic carbocycles. The molecule has 138 valence electrons. The monoisotopic (exact) mass is 366 g/mol. The van der Waals surface area contributed by atoms with Crippen molar-refractivity contribution in [2.24, 2.45) is 5.92 Å². The number of nitrogens with zero attached hydrogens (tertiary/aromatic N) is 1. The number of rotatable bonds is 9. The Kier molecular flexibility index (Phi) is 7.43. The number of amides is 2. The first-order valence-electron chi connectivity index (χ1n) is 8.41. The second-order valence-corrected chi connectivity index (χ2v) is 7.32. The molecule has 1 N–H and O–H groups in total. The number of nitrogens with one attached hydrogen (secondary N) is 1. The second-order valence-electron chi connectivity index (χ2n) is 6.36. The SMILES string of the molecule is COc1cc(CNC(=O)CN2CSCC2=O)ccc1OCCC(C)C. The lowest BCUT2D eigenvalue weighted by atomic mass is 10.1. The zero-order valence-electron chi connectivity index (χ0n) is 15.0. The van der Waals surface area contributed by atoms with Gasteiger partial charge in [0.15, 0.2) is 11.5 Å². The molecule has 0 unspecified atom stereocenters. The van der Waals surface area contributed by atoms with Crippen molar-refractivity contribution in [3.8, 4) is 11.5 Å². The summed E-state index contributed by atoms with van der Waals surface area (Å²) < 4.78 is 11.1. The van der Waals surface area contributed by atoms with Gasteiger partial charge in [-0.2, -0.15) is 0 Å². The third-order valence-corrected chi connectivity index (χ3v) is 4.78. The summed E-state index contributed by atoms with van der Waals surface area (Å²) in [6.07, 6.45) is 0.981. The Labute approximate surface area is 153 Å². The van der Waals surface area contributed by atoms with E-state index in [0.717, 1.165) is 12.0 Å². The number of carbonyl (C=O) groups is 2. The highest BCUT2D eigenvalue weighted by molar-refractivity contribution is 8.00. The Bertz CT molecular complexity index is 607. The van der Waals surface area contributed by atoms with Gasteiger partial charge in [-0.05, 0) is 30.0 Å². The molecule has 1 aliphatic rings. The molecule has 0 radical (unpaired) electrons. The molecule has 6 nitrogen and oxygen atoms in total. The van der Waals surface area contributed by atoms with Crippen molar-refractivity contribution in [3.05, 3.63) is 23.8 Å². The van der Waals surface area contributed by atoms with Gasteiger partial charge in [-0.25, -0.2) is 0 Å².